The molecule has 0 saturated carbocycles. The van der Waals surface area contributed by atoms with Gasteiger partial charge in [-0.3, -0.25) is 9.78 Å². The Morgan fingerprint density at radius 2 is 2.20 bits per heavy atom. The number of nitrogens with zero attached hydrogens (tertiary/aromatic N) is 4. The molecule has 0 aliphatic heterocycles. The van der Waals surface area contributed by atoms with Crippen LogP contribution in [-0.2, 0) is 24.5 Å². The first kappa shape index (κ1) is 16.6. The van der Waals surface area contributed by atoms with E-state index in [0.29, 0.717) is 18.0 Å². The lowest BCUT2D eigenvalue weighted by Crippen LogP contribution is -2.27. The zero-order valence-electron chi connectivity index (χ0n) is 13.3. The molecule has 0 atom stereocenters. The number of rotatable bonds is 7. The van der Waals surface area contributed by atoms with E-state index in [1.54, 1.807) is 30.7 Å². The average molecular weight is 341 g/mol. The van der Waals surface area contributed by atoms with E-state index in [1.165, 1.54) is 16.8 Å². The zero-order valence-corrected chi connectivity index (χ0v) is 13.3. The van der Waals surface area contributed by atoms with Crippen LogP contribution in [0.25, 0.3) is 0 Å². The van der Waals surface area contributed by atoms with Gasteiger partial charge in [-0.2, -0.15) is 0 Å². The van der Waals surface area contributed by atoms with Crippen LogP contribution in [0.3, 0.4) is 0 Å². The predicted molar refractivity (Wildman–Crippen MR) is 86.8 cm³/mol. The summed E-state index contributed by atoms with van der Waals surface area (Å²) in [4.78, 5) is 15.9. The third kappa shape index (κ3) is 5.10. The normalized spacial score (nSPS) is 10.4. The summed E-state index contributed by atoms with van der Waals surface area (Å²) in [6, 6.07) is 9.53. The first-order valence-electron chi connectivity index (χ1n) is 7.62. The van der Waals surface area contributed by atoms with E-state index in [-0.39, 0.29) is 24.9 Å². The van der Waals surface area contributed by atoms with Gasteiger partial charge in [-0.15, -0.1) is 5.10 Å². The summed E-state index contributed by atoms with van der Waals surface area (Å²) < 4.78 is 19.9. The van der Waals surface area contributed by atoms with Gasteiger partial charge in [-0.05, 0) is 23.8 Å². The number of pyridine rings is 1. The Labute approximate surface area is 143 Å². The summed E-state index contributed by atoms with van der Waals surface area (Å²) in [5.41, 5.74) is 1.46. The number of ether oxygens (including phenoxy) is 1. The maximum atomic E-state index is 13.1. The maximum Gasteiger partial charge on any atom is 0.242 e. The van der Waals surface area contributed by atoms with Crippen molar-refractivity contribution in [1.29, 1.82) is 0 Å². The van der Waals surface area contributed by atoms with E-state index < -0.39 is 0 Å². The molecular formula is C17H16FN5O2. The van der Waals surface area contributed by atoms with Crippen LogP contribution in [0.2, 0.25) is 0 Å². The molecule has 128 valence electrons. The molecule has 25 heavy (non-hydrogen) atoms. The van der Waals surface area contributed by atoms with Gasteiger partial charge in [0.25, 0.3) is 0 Å². The number of aromatic nitrogens is 4. The van der Waals surface area contributed by atoms with Crippen LogP contribution in [0.5, 0.6) is 5.75 Å². The molecule has 8 heteroatoms. The second-order valence-electron chi connectivity index (χ2n) is 5.29. The summed E-state index contributed by atoms with van der Waals surface area (Å²) in [6.07, 6.45) is 4.98. The number of benzene rings is 1. The van der Waals surface area contributed by atoms with Crippen molar-refractivity contribution < 1.29 is 13.9 Å². The molecule has 0 radical (unpaired) electrons. The van der Waals surface area contributed by atoms with Crippen LogP contribution in [-0.4, -0.2) is 25.9 Å². The van der Waals surface area contributed by atoms with E-state index >= 15 is 0 Å². The minimum atomic E-state index is -0.369. The van der Waals surface area contributed by atoms with Gasteiger partial charge in [-0.25, -0.2) is 9.07 Å². The van der Waals surface area contributed by atoms with Crippen molar-refractivity contribution in [3.8, 4) is 5.75 Å². The standard InChI is InChI=1S/C17H16FN5O2/c18-14-4-1-5-16(7-14)25-12-15-10-23(22-21-15)11-17(24)20-9-13-3-2-6-19-8-13/h1-8,10H,9,11-12H2,(H,20,24). The molecule has 1 aromatic carbocycles. The lowest BCUT2D eigenvalue weighted by atomic mass is 10.3. The van der Waals surface area contributed by atoms with E-state index in [2.05, 4.69) is 20.6 Å². The van der Waals surface area contributed by atoms with Crippen LogP contribution >= 0.6 is 0 Å². The zero-order chi connectivity index (χ0) is 17.5. The SMILES string of the molecule is O=C(Cn1cc(COc2cccc(F)c2)nn1)NCc1cccnc1. The molecule has 7 nitrogen and oxygen atoms in total. The van der Waals surface area contributed by atoms with Gasteiger partial charge in [0.15, 0.2) is 0 Å². The van der Waals surface area contributed by atoms with Crippen LogP contribution < -0.4 is 10.1 Å². The molecule has 1 amide bonds. The Balaban J connectivity index is 1.47. The first-order valence-corrected chi connectivity index (χ1v) is 7.62. The summed E-state index contributed by atoms with van der Waals surface area (Å²) in [6.45, 7) is 0.588. The molecule has 3 aromatic rings. The fourth-order valence-electron chi connectivity index (χ4n) is 2.10. The highest BCUT2D eigenvalue weighted by atomic mass is 19.1. The van der Waals surface area contributed by atoms with Crippen LogP contribution in [0.4, 0.5) is 4.39 Å². The topological polar surface area (TPSA) is 81.9 Å². The lowest BCUT2D eigenvalue weighted by molar-refractivity contribution is -0.122. The Hall–Kier alpha value is -3.29. The van der Waals surface area contributed by atoms with E-state index in [4.69, 9.17) is 4.74 Å². The highest BCUT2D eigenvalue weighted by molar-refractivity contribution is 5.75. The Morgan fingerprint density at radius 3 is 3.00 bits per heavy atom. The number of nitrogens with one attached hydrogen (secondary N) is 1. The number of hydrogen-bond donors (Lipinski definition) is 1. The molecule has 0 aliphatic carbocycles. The van der Waals surface area contributed by atoms with Gasteiger partial charge in [-0.1, -0.05) is 17.3 Å². The van der Waals surface area contributed by atoms with Gasteiger partial charge in [0.1, 0.15) is 30.4 Å². The van der Waals surface area contributed by atoms with Crippen molar-refractivity contribution in [3.63, 3.8) is 0 Å². The summed E-state index contributed by atoms with van der Waals surface area (Å²) in [7, 11) is 0. The van der Waals surface area contributed by atoms with E-state index in [9.17, 15) is 9.18 Å². The Morgan fingerprint density at radius 1 is 1.28 bits per heavy atom. The third-order valence-electron chi connectivity index (χ3n) is 3.29. The molecule has 0 spiro atoms. The van der Waals surface area contributed by atoms with Crippen molar-refractivity contribution in [1.82, 2.24) is 25.3 Å². The molecule has 0 aliphatic rings. The van der Waals surface area contributed by atoms with Gasteiger partial charge in [0, 0.05) is 25.0 Å². The minimum Gasteiger partial charge on any atom is -0.487 e. The Bertz CT molecular complexity index is 838. The smallest absolute Gasteiger partial charge is 0.242 e. The largest absolute Gasteiger partial charge is 0.487 e. The van der Waals surface area contributed by atoms with Gasteiger partial charge >= 0.3 is 0 Å². The van der Waals surface area contributed by atoms with Crippen LogP contribution in [0.15, 0.2) is 55.0 Å². The van der Waals surface area contributed by atoms with Gasteiger partial charge in [0.05, 0.1) is 6.20 Å². The highest BCUT2D eigenvalue weighted by Crippen LogP contribution is 2.13. The summed E-state index contributed by atoms with van der Waals surface area (Å²) >= 11 is 0. The van der Waals surface area contributed by atoms with Crippen molar-refractivity contribution >= 4 is 5.91 Å². The first-order chi connectivity index (χ1) is 12.2. The van der Waals surface area contributed by atoms with Crippen LogP contribution in [0.1, 0.15) is 11.3 Å². The second kappa shape index (κ2) is 8.00. The monoisotopic (exact) mass is 341 g/mol. The average Bonchev–Trinajstić information content (AvgIpc) is 3.06. The summed E-state index contributed by atoms with van der Waals surface area (Å²) in [5.74, 6) is -0.151. The molecule has 2 heterocycles. The number of hydrogen-bond acceptors (Lipinski definition) is 5. The van der Waals surface area contributed by atoms with Gasteiger partial charge < -0.3 is 10.1 Å². The van der Waals surface area contributed by atoms with E-state index in [0.717, 1.165) is 5.56 Å². The predicted octanol–water partition coefficient (Wildman–Crippen LogP) is 1.71. The number of amides is 1. The number of halogens is 1. The number of carbonyl (C=O) groups excluding carboxylic acids is 1. The maximum absolute atomic E-state index is 13.1. The number of carbonyl (C=O) groups is 1. The van der Waals surface area contributed by atoms with E-state index in [1.807, 2.05) is 12.1 Å². The van der Waals surface area contributed by atoms with Crippen molar-refractivity contribution in [2.75, 3.05) is 0 Å². The van der Waals surface area contributed by atoms with Gasteiger partial charge in [0.2, 0.25) is 5.91 Å². The van der Waals surface area contributed by atoms with Crippen molar-refractivity contribution in [3.05, 3.63) is 72.1 Å². The third-order valence-corrected chi connectivity index (χ3v) is 3.29. The molecule has 0 fully saturated rings. The molecule has 2 aromatic heterocycles. The summed E-state index contributed by atoms with van der Waals surface area (Å²) in [5, 5.41) is 10.6. The molecular weight excluding hydrogens is 325 g/mol. The lowest BCUT2D eigenvalue weighted by Gasteiger charge is -2.04. The minimum absolute atomic E-state index is 0.0488. The fourth-order valence-corrected chi connectivity index (χ4v) is 2.10. The fraction of sp³-hybridized carbons (Fsp3) is 0.176. The van der Waals surface area contributed by atoms with Crippen LogP contribution in [0, 0.1) is 5.82 Å². The molecule has 0 unspecified atom stereocenters. The molecule has 3 rings (SSSR count). The molecule has 1 N–H and O–H groups in total. The Kier molecular flexibility index (Phi) is 5.30. The van der Waals surface area contributed by atoms with Crippen molar-refractivity contribution in [2.24, 2.45) is 0 Å². The molecule has 0 saturated heterocycles. The highest BCUT2D eigenvalue weighted by Gasteiger charge is 2.07. The molecule has 0 bridgehead atoms. The second-order valence-corrected chi connectivity index (χ2v) is 5.29. The quantitative estimate of drug-likeness (QED) is 0.707. The van der Waals surface area contributed by atoms with Crippen molar-refractivity contribution in [2.45, 2.75) is 19.7 Å².